The SMILES string of the molecule is [2H]c1c([2H])c([2H])c(-c2nc(-c3c([2H])c([2H])c([2H])c(C)c3[2H])nc(-c3c([2H])c([2H])c([2H])c(-c4c([2H])c([2H])c5sc6c(c([2H])c7c8c([2H])c([2H])c([2H])c([2H])c8n8c9c([2H])c([2H])c([2H])c([2H])c9c6c78)c5c4[2H])c3[2H])n2)c([2H])c1[2H]. The van der Waals surface area contributed by atoms with Crippen LogP contribution >= 0.6 is 11.3 Å². The Labute approximate surface area is 332 Å². The molecule has 0 unspecified atom stereocenters. The van der Waals surface area contributed by atoms with Crippen LogP contribution in [0.2, 0.25) is 0 Å². The number of aromatic nitrogens is 4. The molecular formula is C46H28N4S. The van der Waals surface area contributed by atoms with Gasteiger partial charge in [-0.15, -0.1) is 11.3 Å². The van der Waals surface area contributed by atoms with Crippen LogP contribution in [0, 0.1) is 6.92 Å². The Kier molecular flexibility index (Phi) is 2.83. The van der Waals surface area contributed by atoms with Crippen molar-refractivity contribution in [1.29, 1.82) is 0 Å². The molecule has 0 radical (unpaired) electrons. The fourth-order valence-electron chi connectivity index (χ4n) is 6.23. The first-order valence-electron chi connectivity index (χ1n) is 27.7. The molecule has 0 aliphatic heterocycles. The minimum Gasteiger partial charge on any atom is -0.308 e. The first-order valence-corrected chi connectivity index (χ1v) is 16.0. The van der Waals surface area contributed by atoms with Crippen LogP contribution in [0.1, 0.15) is 39.8 Å². The second-order valence-corrected chi connectivity index (χ2v) is 12.3. The highest BCUT2D eigenvalue weighted by Crippen LogP contribution is 2.48. The highest BCUT2D eigenvalue weighted by molar-refractivity contribution is 7.26. The molecular weight excluding hydrogens is 641 g/mol. The number of hydrogen-bond acceptors (Lipinski definition) is 4. The summed E-state index contributed by atoms with van der Waals surface area (Å²) in [6.07, 6.45) is 0. The molecule has 11 rings (SSSR count). The van der Waals surface area contributed by atoms with E-state index in [0.717, 1.165) is 11.3 Å². The lowest BCUT2D eigenvalue weighted by atomic mass is 9.99. The zero-order valence-corrected chi connectivity index (χ0v) is 26.5. The molecule has 7 aromatic carbocycles. The predicted molar refractivity (Wildman–Crippen MR) is 214 cm³/mol. The van der Waals surface area contributed by atoms with Crippen molar-refractivity contribution in [3.05, 3.63) is 157 Å². The third-order valence-corrected chi connectivity index (χ3v) is 9.47. The summed E-state index contributed by atoms with van der Waals surface area (Å²) in [7, 11) is 0. The van der Waals surface area contributed by atoms with Crippen molar-refractivity contribution in [3.8, 4) is 45.3 Å². The van der Waals surface area contributed by atoms with E-state index in [1.807, 2.05) is 0 Å². The van der Waals surface area contributed by atoms with Gasteiger partial charge in [0.1, 0.15) is 0 Å². The average molecular weight is 694 g/mol. The number of fused-ring (bicyclic) bond motifs is 10. The lowest BCUT2D eigenvalue weighted by Crippen LogP contribution is -2.00. The number of benzene rings is 7. The highest BCUT2D eigenvalue weighted by Gasteiger charge is 2.22. The average Bonchev–Trinajstić information content (AvgIpc) is 4.09. The summed E-state index contributed by atoms with van der Waals surface area (Å²) in [6.45, 7) is 1.31. The standard InChI is InChI=1S/C46H28N4S/c1-27-11-9-15-31(23-27)45-47-44(28-12-3-2-4-13-28)48-46(49-45)32-16-10-14-29(24-32)30-21-22-40-35(25-30)37-26-36-33-17-5-7-19-38(33)50-39-20-8-6-18-34(39)41(42(36)50)43(37)51-40/h2-26H,1H3/i2D,3D,4D,5D,6D,7D,8D,9D,10D,11D,12D,13D,14D,15D,16D,17D,18D,19D,20D,21D,22D,23D,24D,25D,26D. The zero-order valence-electron chi connectivity index (χ0n) is 50.7. The lowest BCUT2D eigenvalue weighted by molar-refractivity contribution is 1.07. The first kappa shape index (κ1) is 13.4. The molecule has 4 aromatic heterocycles. The molecule has 51 heavy (non-hydrogen) atoms. The lowest BCUT2D eigenvalue weighted by Gasteiger charge is -2.10. The summed E-state index contributed by atoms with van der Waals surface area (Å²) in [4.78, 5) is 13.0. The second kappa shape index (κ2) is 10.8. The molecule has 0 N–H and O–H groups in total. The molecule has 4 heterocycles. The van der Waals surface area contributed by atoms with Crippen LogP contribution in [0.3, 0.4) is 0 Å². The number of thiophene rings is 1. The molecule has 0 spiro atoms. The number of para-hydroxylation sites is 2. The van der Waals surface area contributed by atoms with Gasteiger partial charge < -0.3 is 4.40 Å². The molecule has 4 nitrogen and oxygen atoms in total. The van der Waals surface area contributed by atoms with Crippen LogP contribution in [0.25, 0.3) is 104 Å². The van der Waals surface area contributed by atoms with Crippen LogP contribution in [0.5, 0.6) is 0 Å². The Morgan fingerprint density at radius 2 is 1.08 bits per heavy atom. The van der Waals surface area contributed by atoms with Gasteiger partial charge in [-0.1, -0.05) is 114 Å². The van der Waals surface area contributed by atoms with Crippen LogP contribution < -0.4 is 0 Å². The summed E-state index contributed by atoms with van der Waals surface area (Å²) in [5.74, 6) is -2.16. The zero-order chi connectivity index (χ0) is 55.4. The molecule has 0 amide bonds. The van der Waals surface area contributed by atoms with Crippen molar-refractivity contribution >= 4 is 69.6 Å². The monoisotopic (exact) mass is 693 g/mol. The summed E-state index contributed by atoms with van der Waals surface area (Å²) in [5.41, 5.74) is -3.75. The van der Waals surface area contributed by atoms with Crippen molar-refractivity contribution in [2.75, 3.05) is 0 Å². The van der Waals surface area contributed by atoms with Crippen molar-refractivity contribution in [2.24, 2.45) is 0 Å². The van der Waals surface area contributed by atoms with Gasteiger partial charge in [0.15, 0.2) is 17.5 Å². The highest BCUT2D eigenvalue weighted by atomic mass is 32.1. The van der Waals surface area contributed by atoms with Gasteiger partial charge in [0.05, 0.1) is 50.8 Å². The smallest absolute Gasteiger partial charge is 0.164 e. The molecule has 5 heteroatoms. The third kappa shape index (κ3) is 4.28. The fourth-order valence-corrected chi connectivity index (χ4v) is 7.35. The predicted octanol–water partition coefficient (Wildman–Crippen LogP) is 12.4. The first-order chi connectivity index (χ1) is 35.6. The molecule has 0 saturated heterocycles. The Hall–Kier alpha value is -6.43. The van der Waals surface area contributed by atoms with E-state index < -0.39 is 196 Å². The van der Waals surface area contributed by atoms with Crippen molar-refractivity contribution in [1.82, 2.24) is 19.4 Å². The van der Waals surface area contributed by atoms with E-state index in [1.165, 1.54) is 11.3 Å². The van der Waals surface area contributed by atoms with E-state index in [9.17, 15) is 8.22 Å². The quantitative estimate of drug-likeness (QED) is 0.184. The normalized spacial score (nSPS) is 18.9. The van der Waals surface area contributed by atoms with Gasteiger partial charge in [0, 0.05) is 58.4 Å². The van der Waals surface area contributed by atoms with Gasteiger partial charge in [0.2, 0.25) is 0 Å². The Morgan fingerprint density at radius 1 is 0.471 bits per heavy atom. The summed E-state index contributed by atoms with van der Waals surface area (Å²) in [5, 5.41) is -0.837. The topological polar surface area (TPSA) is 43.1 Å². The minimum atomic E-state index is -0.957. The molecule has 0 aliphatic rings. The van der Waals surface area contributed by atoms with Gasteiger partial charge in [-0.25, -0.2) is 15.0 Å². The number of nitrogens with zero attached hydrogens (tertiary/aromatic N) is 4. The van der Waals surface area contributed by atoms with E-state index in [2.05, 4.69) is 15.0 Å². The summed E-state index contributed by atoms with van der Waals surface area (Å²) in [6, 6.07) is -17.9. The Morgan fingerprint density at radius 3 is 1.88 bits per heavy atom. The summed E-state index contributed by atoms with van der Waals surface area (Å²) >= 11 is 0.776. The molecule has 0 fully saturated rings. The second-order valence-electron chi connectivity index (χ2n) is 11.3. The van der Waals surface area contributed by atoms with E-state index in [4.69, 9.17) is 26.0 Å². The maximum atomic E-state index is 9.89. The molecule has 0 aliphatic carbocycles. The molecule has 0 bridgehead atoms. The molecule has 0 atom stereocenters. The van der Waals surface area contributed by atoms with E-state index in [-0.39, 0.29) is 63.8 Å². The Bertz CT molecular complexity index is 4460. The maximum Gasteiger partial charge on any atom is 0.164 e. The molecule has 11 aromatic rings. The van der Waals surface area contributed by atoms with Crippen molar-refractivity contribution in [3.63, 3.8) is 0 Å². The third-order valence-electron chi connectivity index (χ3n) is 8.35. The van der Waals surface area contributed by atoms with E-state index >= 15 is 0 Å². The van der Waals surface area contributed by atoms with Gasteiger partial charge in [-0.3, -0.25) is 0 Å². The van der Waals surface area contributed by atoms with Crippen LogP contribution in [0.4, 0.5) is 0 Å². The van der Waals surface area contributed by atoms with Gasteiger partial charge in [0.25, 0.3) is 0 Å². The molecule has 238 valence electrons. The minimum absolute atomic E-state index is 0.0216. The number of rotatable bonds is 4. The Balaban J connectivity index is 1.29. The molecule has 0 saturated carbocycles. The van der Waals surface area contributed by atoms with Gasteiger partial charge in [-0.05, 0) is 60.3 Å². The summed E-state index contributed by atoms with van der Waals surface area (Å²) < 4.78 is 224. The fraction of sp³-hybridized carbons (Fsp3) is 0.0217. The van der Waals surface area contributed by atoms with Crippen LogP contribution in [-0.2, 0) is 0 Å². The van der Waals surface area contributed by atoms with E-state index in [1.54, 1.807) is 0 Å². The van der Waals surface area contributed by atoms with E-state index in [0.29, 0.717) is 0 Å². The van der Waals surface area contributed by atoms with Crippen LogP contribution in [0.15, 0.2) is 151 Å². The van der Waals surface area contributed by atoms with Crippen LogP contribution in [-0.4, -0.2) is 19.4 Å². The van der Waals surface area contributed by atoms with Gasteiger partial charge in [-0.2, -0.15) is 0 Å². The maximum absolute atomic E-state index is 9.89. The van der Waals surface area contributed by atoms with Gasteiger partial charge >= 0.3 is 0 Å². The van der Waals surface area contributed by atoms with Crippen molar-refractivity contribution in [2.45, 2.75) is 6.92 Å². The number of hydrogen-bond donors (Lipinski definition) is 0. The largest absolute Gasteiger partial charge is 0.308 e. The van der Waals surface area contributed by atoms with Crippen molar-refractivity contribution < 1.29 is 34.3 Å².